The maximum atomic E-state index is 13.0. The van der Waals surface area contributed by atoms with Crippen LogP contribution in [0.2, 0.25) is 0 Å². The zero-order valence-corrected chi connectivity index (χ0v) is 15.7. The molecule has 1 heterocycles. The standard InChI is InChI=1S/C19H19N5O2S/c1-12(25)15-9-6-10-16(11-15)21-18(26)17(14-7-4-3-5-8-14)27-19-23-22-13(2)24(19)20/h3-11,17H,20H2,1-2H3,(H,21,26)/t17-/m1/s1. The number of anilines is 1. The number of carbonyl (C=O) groups excluding carboxylic acids is 2. The third kappa shape index (κ3) is 4.35. The second-order valence-electron chi connectivity index (χ2n) is 5.93. The van der Waals surface area contributed by atoms with Gasteiger partial charge in [-0.15, -0.1) is 10.2 Å². The molecule has 0 bridgehead atoms. The molecule has 0 spiro atoms. The number of rotatable bonds is 6. The van der Waals surface area contributed by atoms with Crippen LogP contribution in [0.3, 0.4) is 0 Å². The molecule has 7 nitrogen and oxygen atoms in total. The van der Waals surface area contributed by atoms with Crippen LogP contribution in [0, 0.1) is 6.92 Å². The van der Waals surface area contributed by atoms with Gasteiger partial charge in [-0.2, -0.15) is 0 Å². The average molecular weight is 381 g/mol. The first-order valence-electron chi connectivity index (χ1n) is 8.26. The summed E-state index contributed by atoms with van der Waals surface area (Å²) in [6.45, 7) is 3.22. The molecule has 8 heteroatoms. The number of nitrogens with one attached hydrogen (secondary N) is 1. The van der Waals surface area contributed by atoms with E-state index in [1.165, 1.54) is 23.4 Å². The Labute approximate surface area is 161 Å². The van der Waals surface area contributed by atoms with Gasteiger partial charge in [0, 0.05) is 11.3 Å². The maximum Gasteiger partial charge on any atom is 0.242 e. The molecule has 1 atom stereocenters. The SMILES string of the molecule is CC(=O)c1cccc(NC(=O)[C@H](Sc2nnc(C)n2N)c2ccccc2)c1. The molecule has 3 N–H and O–H groups in total. The van der Waals surface area contributed by atoms with Crippen molar-refractivity contribution in [3.63, 3.8) is 0 Å². The van der Waals surface area contributed by atoms with E-state index in [4.69, 9.17) is 5.84 Å². The van der Waals surface area contributed by atoms with E-state index in [1.54, 1.807) is 31.2 Å². The van der Waals surface area contributed by atoms with Gasteiger partial charge in [-0.3, -0.25) is 9.59 Å². The zero-order valence-electron chi connectivity index (χ0n) is 14.9. The first kappa shape index (κ1) is 18.7. The Morgan fingerprint density at radius 2 is 1.85 bits per heavy atom. The Morgan fingerprint density at radius 3 is 2.48 bits per heavy atom. The second-order valence-corrected chi connectivity index (χ2v) is 7.01. The summed E-state index contributed by atoms with van der Waals surface area (Å²) in [5.41, 5.74) is 1.90. The van der Waals surface area contributed by atoms with Crippen molar-refractivity contribution >= 4 is 29.1 Å². The van der Waals surface area contributed by atoms with Crippen molar-refractivity contribution in [1.82, 2.24) is 14.9 Å². The van der Waals surface area contributed by atoms with Crippen LogP contribution in [-0.4, -0.2) is 26.6 Å². The van der Waals surface area contributed by atoms with Gasteiger partial charge in [-0.1, -0.05) is 54.2 Å². The number of ketones is 1. The summed E-state index contributed by atoms with van der Waals surface area (Å²) in [5, 5.41) is 10.7. The number of nitrogen functional groups attached to an aromatic ring is 1. The fourth-order valence-corrected chi connectivity index (χ4v) is 3.46. The van der Waals surface area contributed by atoms with Gasteiger partial charge >= 0.3 is 0 Å². The van der Waals surface area contributed by atoms with E-state index >= 15 is 0 Å². The molecule has 0 aliphatic carbocycles. The molecular weight excluding hydrogens is 362 g/mol. The molecule has 0 unspecified atom stereocenters. The van der Waals surface area contributed by atoms with E-state index in [0.29, 0.717) is 22.2 Å². The lowest BCUT2D eigenvalue weighted by Crippen LogP contribution is -2.20. The van der Waals surface area contributed by atoms with Crippen molar-refractivity contribution in [3.8, 4) is 0 Å². The highest BCUT2D eigenvalue weighted by molar-refractivity contribution is 8.00. The topological polar surface area (TPSA) is 103 Å². The Kier molecular flexibility index (Phi) is 5.56. The van der Waals surface area contributed by atoms with Crippen molar-refractivity contribution in [2.24, 2.45) is 0 Å². The molecule has 3 aromatic rings. The van der Waals surface area contributed by atoms with E-state index in [-0.39, 0.29) is 11.7 Å². The maximum absolute atomic E-state index is 13.0. The van der Waals surface area contributed by atoms with Crippen molar-refractivity contribution in [3.05, 3.63) is 71.5 Å². The first-order valence-corrected chi connectivity index (χ1v) is 9.14. The normalized spacial score (nSPS) is 11.8. The number of hydrogen-bond acceptors (Lipinski definition) is 6. The van der Waals surface area contributed by atoms with Crippen LogP contribution in [-0.2, 0) is 4.79 Å². The largest absolute Gasteiger partial charge is 0.336 e. The molecule has 0 aliphatic rings. The van der Waals surface area contributed by atoms with E-state index in [0.717, 1.165) is 5.56 Å². The third-order valence-corrected chi connectivity index (χ3v) is 5.15. The quantitative estimate of drug-likeness (QED) is 0.387. The summed E-state index contributed by atoms with van der Waals surface area (Å²) in [7, 11) is 0. The van der Waals surface area contributed by atoms with Crippen LogP contribution in [0.15, 0.2) is 59.8 Å². The summed E-state index contributed by atoms with van der Waals surface area (Å²) in [6, 6.07) is 16.2. The molecule has 0 aliphatic heterocycles. The lowest BCUT2D eigenvalue weighted by Gasteiger charge is -2.16. The first-order chi connectivity index (χ1) is 13.0. The molecular formula is C19H19N5O2S. The number of carbonyl (C=O) groups is 2. The average Bonchev–Trinajstić information content (AvgIpc) is 2.98. The minimum absolute atomic E-state index is 0.0632. The van der Waals surface area contributed by atoms with E-state index in [9.17, 15) is 9.59 Å². The van der Waals surface area contributed by atoms with Gasteiger partial charge in [0.2, 0.25) is 11.1 Å². The fourth-order valence-electron chi connectivity index (χ4n) is 2.46. The van der Waals surface area contributed by atoms with Crippen LogP contribution >= 0.6 is 11.8 Å². The predicted molar refractivity (Wildman–Crippen MR) is 105 cm³/mol. The predicted octanol–water partition coefficient (Wildman–Crippen LogP) is 2.98. The van der Waals surface area contributed by atoms with Crippen molar-refractivity contribution < 1.29 is 9.59 Å². The Balaban J connectivity index is 1.88. The molecule has 138 valence electrons. The highest BCUT2D eigenvalue weighted by Crippen LogP contribution is 2.35. The molecule has 0 radical (unpaired) electrons. The lowest BCUT2D eigenvalue weighted by atomic mass is 10.1. The third-order valence-electron chi connectivity index (χ3n) is 3.94. The van der Waals surface area contributed by atoms with E-state index < -0.39 is 5.25 Å². The van der Waals surface area contributed by atoms with Gasteiger partial charge in [0.1, 0.15) is 11.1 Å². The molecule has 2 aromatic carbocycles. The van der Waals surface area contributed by atoms with Gasteiger partial charge in [0.25, 0.3) is 0 Å². The number of thioether (sulfide) groups is 1. The monoisotopic (exact) mass is 381 g/mol. The highest BCUT2D eigenvalue weighted by Gasteiger charge is 2.25. The highest BCUT2D eigenvalue weighted by atomic mass is 32.2. The molecule has 27 heavy (non-hydrogen) atoms. The van der Waals surface area contributed by atoms with Crippen LogP contribution in [0.25, 0.3) is 0 Å². The number of nitrogens with two attached hydrogens (primary N) is 1. The van der Waals surface area contributed by atoms with Gasteiger partial charge in [-0.25, -0.2) is 4.68 Å². The molecule has 1 amide bonds. The lowest BCUT2D eigenvalue weighted by molar-refractivity contribution is -0.115. The second kappa shape index (κ2) is 8.05. The van der Waals surface area contributed by atoms with Gasteiger partial charge in [-0.05, 0) is 31.5 Å². The summed E-state index contributed by atoms with van der Waals surface area (Å²) < 4.78 is 1.35. The van der Waals surface area contributed by atoms with E-state index in [1.807, 2.05) is 30.3 Å². The summed E-state index contributed by atoms with van der Waals surface area (Å²) >= 11 is 1.21. The molecule has 0 saturated heterocycles. The number of aryl methyl sites for hydroxylation is 1. The van der Waals surface area contributed by atoms with Crippen LogP contribution in [0.4, 0.5) is 5.69 Å². The zero-order chi connectivity index (χ0) is 19.4. The Morgan fingerprint density at radius 1 is 1.11 bits per heavy atom. The van der Waals surface area contributed by atoms with Crippen molar-refractivity contribution in [2.75, 3.05) is 11.2 Å². The minimum Gasteiger partial charge on any atom is -0.336 e. The minimum atomic E-state index is -0.585. The number of benzene rings is 2. The molecule has 1 aromatic heterocycles. The summed E-state index contributed by atoms with van der Waals surface area (Å²) in [6.07, 6.45) is 0. The van der Waals surface area contributed by atoms with Gasteiger partial charge < -0.3 is 11.2 Å². The Bertz CT molecular complexity index is 971. The molecule has 0 fully saturated rings. The molecule has 0 saturated carbocycles. The fraction of sp³-hybridized carbons (Fsp3) is 0.158. The van der Waals surface area contributed by atoms with Crippen LogP contribution < -0.4 is 11.2 Å². The van der Waals surface area contributed by atoms with Gasteiger partial charge in [0.15, 0.2) is 5.78 Å². The number of hydrogen-bond donors (Lipinski definition) is 2. The summed E-state index contributed by atoms with van der Waals surface area (Å²) in [4.78, 5) is 24.6. The number of Topliss-reactive ketones (excluding diaryl/α,β-unsaturated/α-hetero) is 1. The number of amides is 1. The van der Waals surface area contributed by atoms with Crippen molar-refractivity contribution in [2.45, 2.75) is 24.3 Å². The number of aromatic nitrogens is 3. The summed E-state index contributed by atoms with van der Waals surface area (Å²) in [5.74, 6) is 6.18. The smallest absolute Gasteiger partial charge is 0.242 e. The van der Waals surface area contributed by atoms with E-state index in [2.05, 4.69) is 15.5 Å². The molecule has 3 rings (SSSR count). The van der Waals surface area contributed by atoms with Crippen LogP contribution in [0.5, 0.6) is 0 Å². The Hall–Kier alpha value is -3.13. The van der Waals surface area contributed by atoms with Gasteiger partial charge in [0.05, 0.1) is 0 Å². The number of nitrogens with zero attached hydrogens (tertiary/aromatic N) is 3. The van der Waals surface area contributed by atoms with Crippen molar-refractivity contribution in [1.29, 1.82) is 0 Å². The van der Waals surface area contributed by atoms with Crippen LogP contribution in [0.1, 0.15) is 33.9 Å².